The summed E-state index contributed by atoms with van der Waals surface area (Å²) in [6.45, 7) is 1.71. The number of carbonyl (C=O) groups excluding carboxylic acids is 3. The van der Waals surface area contributed by atoms with Gasteiger partial charge in [0.15, 0.2) is 11.6 Å². The number of pyridine rings is 1. The van der Waals surface area contributed by atoms with E-state index in [0.29, 0.717) is 5.56 Å². The van der Waals surface area contributed by atoms with E-state index in [4.69, 9.17) is 10.5 Å². The zero-order valence-electron chi connectivity index (χ0n) is 18.7. The van der Waals surface area contributed by atoms with Gasteiger partial charge in [0.1, 0.15) is 28.0 Å². The second kappa shape index (κ2) is 7.81. The number of rotatable bonds is 4. The van der Waals surface area contributed by atoms with Crippen molar-refractivity contribution in [1.82, 2.24) is 9.88 Å². The number of hydrogen-bond donors (Lipinski definition) is 4. The number of aliphatic hydroxyl groups excluding tert-OH is 2. The Morgan fingerprint density at radius 1 is 1.30 bits per heavy atom. The molecule has 4 rings (SSSR count). The van der Waals surface area contributed by atoms with Gasteiger partial charge < -0.3 is 25.8 Å². The Labute approximate surface area is 191 Å². The quantitative estimate of drug-likeness (QED) is 0.362. The van der Waals surface area contributed by atoms with E-state index in [1.807, 2.05) is 0 Å². The van der Waals surface area contributed by atoms with Crippen LogP contribution < -0.4 is 10.5 Å². The first-order chi connectivity index (χ1) is 15.5. The number of ketones is 2. The van der Waals surface area contributed by atoms with E-state index in [2.05, 4.69) is 4.98 Å². The Bertz CT molecular complexity index is 1160. The molecular weight excluding hydrogens is 449 g/mol. The standard InChI is InChI=1S/C22H26N3O7P/c1-25(2)15-10-6-8-5-9-13(11(26)7-24-21(9)32-3)16(27)12(8)18(29)22(10,33-4)19(30)14(17(15)28)20(23)31/h7-8,10,15,26-27,30,33H,5-6H2,1-4H3,(H2,23,31)/t8-,10-,15-,22-/m0/s1. The molecule has 1 aromatic rings. The minimum atomic E-state index is -1.59. The minimum Gasteiger partial charge on any atom is -0.510 e. The SMILES string of the molecule is COc1ncc(O)c2c1C[C@H]1C[C@H]3[C@H](N(C)C)C(=O)C(C(N)=O)=C(O)[C@@]3(PC)C(=O)C1=C2O. The molecule has 1 heterocycles. The Morgan fingerprint density at radius 2 is 1.97 bits per heavy atom. The summed E-state index contributed by atoms with van der Waals surface area (Å²) >= 11 is 0. The first-order valence-electron chi connectivity index (χ1n) is 10.4. The first kappa shape index (κ1) is 23.2. The van der Waals surface area contributed by atoms with Crippen molar-refractivity contribution < 1.29 is 34.4 Å². The summed E-state index contributed by atoms with van der Waals surface area (Å²) in [5, 5.41) is 31.2. The monoisotopic (exact) mass is 475 g/mol. The molecule has 0 radical (unpaired) electrons. The molecule has 11 heteroatoms. The molecule has 0 aromatic carbocycles. The molecule has 0 saturated heterocycles. The molecular formula is C22H26N3O7P. The van der Waals surface area contributed by atoms with Crippen LogP contribution in [0.4, 0.5) is 0 Å². The molecule has 3 aliphatic rings. The predicted octanol–water partition coefficient (Wildman–Crippen LogP) is 0.684. The minimum absolute atomic E-state index is 0.0545. The summed E-state index contributed by atoms with van der Waals surface area (Å²) in [4.78, 5) is 45.1. The topological polar surface area (TPSA) is 163 Å². The fourth-order valence-corrected chi connectivity index (χ4v) is 7.10. The van der Waals surface area contributed by atoms with Crippen molar-refractivity contribution in [2.75, 3.05) is 27.9 Å². The van der Waals surface area contributed by atoms with Crippen LogP contribution in [0.5, 0.6) is 11.6 Å². The highest BCUT2D eigenvalue weighted by Crippen LogP contribution is 2.59. The van der Waals surface area contributed by atoms with Gasteiger partial charge in [-0.2, -0.15) is 0 Å². The van der Waals surface area contributed by atoms with Gasteiger partial charge in [0.2, 0.25) is 5.88 Å². The lowest BCUT2D eigenvalue weighted by molar-refractivity contribution is -0.130. The van der Waals surface area contributed by atoms with E-state index < -0.39 is 57.6 Å². The Balaban J connectivity index is 2.02. The number of amides is 1. The lowest BCUT2D eigenvalue weighted by Gasteiger charge is -2.52. The number of aromatic hydroxyl groups is 1. The third-order valence-electron chi connectivity index (χ3n) is 7.07. The van der Waals surface area contributed by atoms with Crippen LogP contribution in [0.25, 0.3) is 5.76 Å². The summed E-state index contributed by atoms with van der Waals surface area (Å²) in [5.74, 6) is -4.58. The van der Waals surface area contributed by atoms with Gasteiger partial charge in [-0.05, 0) is 39.5 Å². The number of aliphatic hydroxyl groups is 2. The molecule has 10 nitrogen and oxygen atoms in total. The maximum atomic E-state index is 14.1. The first-order valence-corrected chi connectivity index (χ1v) is 11.9. The molecule has 3 aliphatic carbocycles. The van der Waals surface area contributed by atoms with Crippen molar-refractivity contribution in [3.05, 3.63) is 34.2 Å². The lowest BCUT2D eigenvalue weighted by atomic mass is 9.59. The lowest BCUT2D eigenvalue weighted by Crippen LogP contribution is -2.63. The number of Topliss-reactive ketones (excluding diaryl/α,β-unsaturated/α-hetero) is 2. The predicted molar refractivity (Wildman–Crippen MR) is 121 cm³/mol. The van der Waals surface area contributed by atoms with Crippen LogP contribution in [0.1, 0.15) is 17.5 Å². The highest BCUT2D eigenvalue weighted by Gasteiger charge is 2.63. The van der Waals surface area contributed by atoms with E-state index in [0.717, 1.165) is 6.20 Å². The van der Waals surface area contributed by atoms with Gasteiger partial charge in [-0.3, -0.25) is 19.3 Å². The van der Waals surface area contributed by atoms with Crippen LogP contribution in [0.15, 0.2) is 23.1 Å². The zero-order chi connectivity index (χ0) is 24.4. The molecule has 5 atom stereocenters. The average molecular weight is 475 g/mol. The van der Waals surface area contributed by atoms with Crippen LogP contribution in [0.3, 0.4) is 0 Å². The van der Waals surface area contributed by atoms with Crippen LogP contribution in [-0.4, -0.2) is 81.7 Å². The Morgan fingerprint density at radius 3 is 2.52 bits per heavy atom. The van der Waals surface area contributed by atoms with Gasteiger partial charge in [0.25, 0.3) is 5.91 Å². The van der Waals surface area contributed by atoms with Crippen LogP contribution in [-0.2, 0) is 20.8 Å². The van der Waals surface area contributed by atoms with Crippen molar-refractivity contribution in [2.45, 2.75) is 24.0 Å². The number of carbonyl (C=O) groups is 3. The number of likely N-dealkylation sites (N-methyl/N-ethyl adjacent to an activating group) is 1. The molecule has 1 fully saturated rings. The second-order valence-electron chi connectivity index (χ2n) is 8.76. The number of methoxy groups -OCH3 is 1. The second-order valence-corrected chi connectivity index (χ2v) is 10.0. The smallest absolute Gasteiger partial charge is 0.255 e. The van der Waals surface area contributed by atoms with Gasteiger partial charge in [0.05, 0.1) is 24.9 Å². The van der Waals surface area contributed by atoms with E-state index >= 15 is 0 Å². The number of nitrogens with two attached hydrogens (primary N) is 1. The summed E-state index contributed by atoms with van der Waals surface area (Å²) in [6, 6.07) is -0.867. The molecule has 0 bridgehead atoms. The molecule has 1 unspecified atom stereocenters. The number of allylic oxidation sites excluding steroid dienone is 2. The molecule has 0 spiro atoms. The molecule has 1 aromatic heterocycles. The number of aromatic nitrogens is 1. The molecule has 1 amide bonds. The van der Waals surface area contributed by atoms with E-state index in [1.165, 1.54) is 7.11 Å². The number of hydrogen-bond acceptors (Lipinski definition) is 9. The highest BCUT2D eigenvalue weighted by atomic mass is 31.1. The molecule has 176 valence electrons. The maximum Gasteiger partial charge on any atom is 0.255 e. The third kappa shape index (κ3) is 2.93. The molecule has 5 N–H and O–H groups in total. The number of ether oxygens (including phenoxy) is 1. The molecule has 0 aliphatic heterocycles. The van der Waals surface area contributed by atoms with Gasteiger partial charge in [-0.15, -0.1) is 8.58 Å². The number of nitrogens with zero attached hydrogens (tertiary/aromatic N) is 2. The van der Waals surface area contributed by atoms with Crippen molar-refractivity contribution in [1.29, 1.82) is 0 Å². The molecule has 1 saturated carbocycles. The van der Waals surface area contributed by atoms with Gasteiger partial charge in [0, 0.05) is 17.1 Å². The van der Waals surface area contributed by atoms with Gasteiger partial charge in [-0.25, -0.2) is 4.98 Å². The fourth-order valence-electron chi connectivity index (χ4n) is 5.73. The number of fused-ring (bicyclic) bond motifs is 3. The van der Waals surface area contributed by atoms with Crippen molar-refractivity contribution in [3.8, 4) is 11.6 Å². The summed E-state index contributed by atoms with van der Waals surface area (Å²) < 4.78 is 5.30. The summed E-state index contributed by atoms with van der Waals surface area (Å²) in [6.07, 6.45) is 1.65. The van der Waals surface area contributed by atoms with Crippen molar-refractivity contribution in [2.24, 2.45) is 17.6 Å². The normalized spacial score (nSPS) is 29.4. The Hall–Kier alpha value is -2.97. The van der Waals surface area contributed by atoms with E-state index in [-0.39, 0.29) is 44.2 Å². The maximum absolute atomic E-state index is 14.1. The van der Waals surface area contributed by atoms with Crippen molar-refractivity contribution >= 4 is 31.8 Å². The van der Waals surface area contributed by atoms with E-state index in [9.17, 15) is 29.7 Å². The van der Waals surface area contributed by atoms with Crippen molar-refractivity contribution in [3.63, 3.8) is 0 Å². The third-order valence-corrected chi connectivity index (χ3v) is 8.69. The van der Waals surface area contributed by atoms with Gasteiger partial charge in [-0.1, -0.05) is 0 Å². The van der Waals surface area contributed by atoms with Crippen LogP contribution in [0, 0.1) is 11.8 Å². The number of primary amides is 1. The largest absolute Gasteiger partial charge is 0.510 e. The summed E-state index contributed by atoms with van der Waals surface area (Å²) in [7, 11) is 4.53. The average Bonchev–Trinajstić information content (AvgIpc) is 2.73. The highest BCUT2D eigenvalue weighted by molar-refractivity contribution is 7.41. The zero-order valence-corrected chi connectivity index (χ0v) is 19.7. The van der Waals surface area contributed by atoms with E-state index in [1.54, 1.807) is 25.7 Å². The Kier molecular flexibility index (Phi) is 5.49. The van der Waals surface area contributed by atoms with Gasteiger partial charge >= 0.3 is 0 Å². The van der Waals surface area contributed by atoms with Crippen LogP contribution >= 0.6 is 8.58 Å². The fraction of sp³-hybridized carbons (Fsp3) is 0.455. The summed E-state index contributed by atoms with van der Waals surface area (Å²) in [5.41, 5.74) is 5.45. The van der Waals surface area contributed by atoms with Crippen LogP contribution in [0.2, 0.25) is 0 Å². The molecule has 33 heavy (non-hydrogen) atoms.